The zero-order valence-corrected chi connectivity index (χ0v) is 16.0. The van der Waals surface area contributed by atoms with Crippen LogP contribution in [0.1, 0.15) is 38.7 Å². The first-order chi connectivity index (χ1) is 10.4. The van der Waals surface area contributed by atoms with Crippen LogP contribution in [-0.2, 0) is 4.79 Å². The highest BCUT2D eigenvalue weighted by Gasteiger charge is 2.28. The first-order valence-electron chi connectivity index (χ1n) is 7.78. The first-order valence-corrected chi connectivity index (χ1v) is 8.54. The Morgan fingerprint density at radius 2 is 1.83 bits per heavy atom. The number of benzene rings is 1. The SMILES string of the molecule is CC(C)(CN1CCCCC1)C(=O)C=Cc1ccc(Cl)c(Cl)c1.Cl. The number of hydrogen-bond acceptors (Lipinski definition) is 2. The fourth-order valence-electron chi connectivity index (χ4n) is 2.77. The Hall–Kier alpha value is -0.540. The Kier molecular flexibility index (Phi) is 8.09. The van der Waals surface area contributed by atoms with Crippen molar-refractivity contribution in [1.29, 1.82) is 0 Å². The number of rotatable bonds is 5. The molecule has 1 saturated heterocycles. The zero-order chi connectivity index (χ0) is 16.2. The molecular weight excluding hydrogens is 353 g/mol. The Morgan fingerprint density at radius 3 is 2.43 bits per heavy atom. The quantitative estimate of drug-likeness (QED) is 0.631. The van der Waals surface area contributed by atoms with Crippen LogP contribution in [0.4, 0.5) is 0 Å². The van der Waals surface area contributed by atoms with Crippen LogP contribution in [-0.4, -0.2) is 30.3 Å². The van der Waals surface area contributed by atoms with Gasteiger partial charge in [-0.1, -0.05) is 55.6 Å². The lowest BCUT2D eigenvalue weighted by molar-refractivity contribution is -0.123. The number of carbonyl (C=O) groups excluding carboxylic acids is 1. The van der Waals surface area contributed by atoms with Crippen LogP contribution >= 0.6 is 35.6 Å². The fourth-order valence-corrected chi connectivity index (χ4v) is 3.07. The summed E-state index contributed by atoms with van der Waals surface area (Å²) < 4.78 is 0. The van der Waals surface area contributed by atoms with E-state index in [1.807, 2.05) is 26.0 Å². The number of hydrogen-bond donors (Lipinski definition) is 0. The average molecular weight is 377 g/mol. The summed E-state index contributed by atoms with van der Waals surface area (Å²) >= 11 is 11.9. The highest BCUT2D eigenvalue weighted by atomic mass is 35.5. The number of carbonyl (C=O) groups is 1. The maximum atomic E-state index is 12.5. The minimum atomic E-state index is -0.371. The summed E-state index contributed by atoms with van der Waals surface area (Å²) in [7, 11) is 0. The van der Waals surface area contributed by atoms with Crippen molar-refractivity contribution < 1.29 is 4.79 Å². The molecule has 0 bridgehead atoms. The largest absolute Gasteiger partial charge is 0.302 e. The van der Waals surface area contributed by atoms with E-state index in [0.717, 1.165) is 25.2 Å². The van der Waals surface area contributed by atoms with Gasteiger partial charge in [-0.3, -0.25) is 4.79 Å². The molecule has 0 N–H and O–H groups in total. The molecule has 23 heavy (non-hydrogen) atoms. The van der Waals surface area contributed by atoms with Gasteiger partial charge in [0.05, 0.1) is 10.0 Å². The molecule has 1 aliphatic heterocycles. The molecule has 1 fully saturated rings. The van der Waals surface area contributed by atoms with Gasteiger partial charge < -0.3 is 4.90 Å². The van der Waals surface area contributed by atoms with E-state index in [1.165, 1.54) is 19.3 Å². The van der Waals surface area contributed by atoms with Crippen LogP contribution in [0.3, 0.4) is 0 Å². The van der Waals surface area contributed by atoms with Gasteiger partial charge in [-0.2, -0.15) is 0 Å². The Labute approximate surface area is 155 Å². The lowest BCUT2D eigenvalue weighted by atomic mass is 9.86. The molecule has 1 aromatic carbocycles. The topological polar surface area (TPSA) is 20.3 Å². The molecule has 2 rings (SSSR count). The Bertz CT molecular complexity index is 563. The second-order valence-electron chi connectivity index (χ2n) is 6.59. The van der Waals surface area contributed by atoms with Gasteiger partial charge in [-0.15, -0.1) is 12.4 Å². The van der Waals surface area contributed by atoms with E-state index in [1.54, 1.807) is 18.2 Å². The molecule has 0 aromatic heterocycles. The van der Waals surface area contributed by atoms with Crippen molar-refractivity contribution in [2.24, 2.45) is 5.41 Å². The maximum absolute atomic E-state index is 12.5. The second kappa shape index (κ2) is 9.08. The summed E-state index contributed by atoms with van der Waals surface area (Å²) in [4.78, 5) is 14.9. The van der Waals surface area contributed by atoms with E-state index in [0.29, 0.717) is 10.0 Å². The third kappa shape index (κ3) is 6.11. The monoisotopic (exact) mass is 375 g/mol. The maximum Gasteiger partial charge on any atom is 0.162 e. The minimum Gasteiger partial charge on any atom is -0.302 e. The van der Waals surface area contributed by atoms with Gasteiger partial charge in [-0.25, -0.2) is 0 Å². The molecule has 0 aliphatic carbocycles. The van der Waals surface area contributed by atoms with Gasteiger partial charge in [0, 0.05) is 12.0 Å². The minimum absolute atomic E-state index is 0. The molecule has 128 valence electrons. The smallest absolute Gasteiger partial charge is 0.162 e. The third-order valence-corrected chi connectivity index (χ3v) is 4.84. The third-order valence-electron chi connectivity index (χ3n) is 4.11. The molecule has 1 heterocycles. The number of ketones is 1. The van der Waals surface area contributed by atoms with Gasteiger partial charge in [0.15, 0.2) is 5.78 Å². The predicted octanol–water partition coefficient (Wildman–Crippen LogP) is 5.51. The first kappa shape index (κ1) is 20.5. The molecule has 0 saturated carbocycles. The molecule has 1 aliphatic rings. The van der Waals surface area contributed by atoms with E-state index in [9.17, 15) is 4.79 Å². The molecule has 0 atom stereocenters. The predicted molar refractivity (Wildman–Crippen MR) is 102 cm³/mol. The summed E-state index contributed by atoms with van der Waals surface area (Å²) in [5.74, 6) is 0.143. The summed E-state index contributed by atoms with van der Waals surface area (Å²) in [6.45, 7) is 7.06. The number of halogens is 3. The number of piperidine rings is 1. The number of likely N-dealkylation sites (tertiary alicyclic amines) is 1. The van der Waals surface area contributed by atoms with E-state index in [4.69, 9.17) is 23.2 Å². The van der Waals surface area contributed by atoms with Crippen LogP contribution in [0.15, 0.2) is 24.3 Å². The van der Waals surface area contributed by atoms with Crippen molar-refractivity contribution >= 4 is 47.5 Å². The number of allylic oxidation sites excluding steroid dienone is 1. The van der Waals surface area contributed by atoms with E-state index >= 15 is 0 Å². The van der Waals surface area contributed by atoms with Gasteiger partial charge >= 0.3 is 0 Å². The van der Waals surface area contributed by atoms with Gasteiger partial charge in [0.2, 0.25) is 0 Å². The summed E-state index contributed by atoms with van der Waals surface area (Å²) in [5.41, 5.74) is 0.515. The Balaban J connectivity index is 0.00000264. The highest BCUT2D eigenvalue weighted by molar-refractivity contribution is 6.42. The van der Waals surface area contributed by atoms with Gasteiger partial charge in [0.1, 0.15) is 0 Å². The van der Waals surface area contributed by atoms with Crippen molar-refractivity contribution in [1.82, 2.24) is 4.90 Å². The zero-order valence-electron chi connectivity index (χ0n) is 13.6. The lowest BCUT2D eigenvalue weighted by Crippen LogP contribution is -2.41. The van der Waals surface area contributed by atoms with Crippen molar-refractivity contribution in [3.05, 3.63) is 39.9 Å². The van der Waals surface area contributed by atoms with Crippen LogP contribution in [0.5, 0.6) is 0 Å². The summed E-state index contributed by atoms with van der Waals surface area (Å²) in [6.07, 6.45) is 7.25. The number of nitrogens with zero attached hydrogens (tertiary/aromatic N) is 1. The lowest BCUT2D eigenvalue weighted by Gasteiger charge is -2.33. The van der Waals surface area contributed by atoms with E-state index < -0.39 is 0 Å². The van der Waals surface area contributed by atoms with Crippen molar-refractivity contribution in [3.63, 3.8) is 0 Å². The van der Waals surface area contributed by atoms with Crippen LogP contribution in [0, 0.1) is 5.41 Å². The van der Waals surface area contributed by atoms with Gasteiger partial charge in [0.25, 0.3) is 0 Å². The fraction of sp³-hybridized carbons (Fsp3) is 0.500. The molecule has 0 radical (unpaired) electrons. The van der Waals surface area contributed by atoms with Crippen molar-refractivity contribution in [2.75, 3.05) is 19.6 Å². The van der Waals surface area contributed by atoms with Crippen LogP contribution < -0.4 is 0 Å². The standard InChI is InChI=1S/C18H23Cl2NO.ClH/c1-18(2,13-21-10-4-3-5-11-21)17(22)9-7-14-6-8-15(19)16(20)12-14;/h6-9,12H,3-5,10-11,13H2,1-2H3;1H. The second-order valence-corrected chi connectivity index (χ2v) is 7.41. The molecule has 0 amide bonds. The van der Waals surface area contributed by atoms with Crippen molar-refractivity contribution in [3.8, 4) is 0 Å². The Morgan fingerprint density at radius 1 is 1.17 bits per heavy atom. The molecule has 1 aromatic rings. The molecule has 5 heteroatoms. The molecule has 2 nitrogen and oxygen atoms in total. The summed E-state index contributed by atoms with van der Waals surface area (Å²) in [6, 6.07) is 5.37. The van der Waals surface area contributed by atoms with Crippen molar-refractivity contribution in [2.45, 2.75) is 33.1 Å². The van der Waals surface area contributed by atoms with Gasteiger partial charge in [-0.05, 0) is 49.7 Å². The molecule has 0 unspecified atom stereocenters. The normalized spacial score (nSPS) is 16.3. The molecular formula is C18H24Cl3NO. The van der Waals surface area contributed by atoms with E-state index in [-0.39, 0.29) is 23.6 Å². The van der Waals surface area contributed by atoms with Crippen LogP contribution in [0.25, 0.3) is 6.08 Å². The van der Waals surface area contributed by atoms with Crippen LogP contribution in [0.2, 0.25) is 10.0 Å². The molecule has 0 spiro atoms. The highest BCUT2D eigenvalue weighted by Crippen LogP contribution is 2.25. The average Bonchev–Trinajstić information content (AvgIpc) is 2.48. The van der Waals surface area contributed by atoms with E-state index in [2.05, 4.69) is 4.90 Å². The summed E-state index contributed by atoms with van der Waals surface area (Å²) in [5, 5.41) is 1.03.